The van der Waals surface area contributed by atoms with Gasteiger partial charge >= 0.3 is 6.01 Å². The zero-order valence-corrected chi connectivity index (χ0v) is 20.7. The minimum atomic E-state index is -3.67. The maximum atomic E-state index is 12.9. The minimum absolute atomic E-state index is 0.0922. The number of carbonyl (C=O) groups excluding carboxylic acids is 1. The number of amides is 1. The minimum Gasteiger partial charge on any atom is -0.497 e. The number of nitrogens with zero attached hydrogens (tertiary/aromatic N) is 3. The van der Waals surface area contributed by atoms with E-state index in [1.807, 2.05) is 0 Å². The molecule has 0 bridgehead atoms. The van der Waals surface area contributed by atoms with E-state index < -0.39 is 25.8 Å². The third kappa shape index (κ3) is 5.52. The van der Waals surface area contributed by atoms with Crippen LogP contribution in [0.2, 0.25) is 0 Å². The topological polar surface area (TPSA) is 149 Å². The van der Waals surface area contributed by atoms with Crippen molar-refractivity contribution in [2.75, 3.05) is 31.8 Å². The van der Waals surface area contributed by atoms with Crippen LogP contribution in [0.15, 0.2) is 62.7 Å². The number of nitrogens with one attached hydrogen (secondary N) is 1. The highest BCUT2D eigenvalue weighted by atomic mass is 32.2. The van der Waals surface area contributed by atoms with Gasteiger partial charge in [-0.25, -0.2) is 16.8 Å². The lowest BCUT2D eigenvalue weighted by Gasteiger charge is -2.30. The molecule has 1 saturated heterocycles. The van der Waals surface area contributed by atoms with Gasteiger partial charge in [-0.15, -0.1) is 5.10 Å². The highest BCUT2D eigenvalue weighted by molar-refractivity contribution is 7.90. The normalized spacial score (nSPS) is 15.6. The number of sulfone groups is 1. The van der Waals surface area contributed by atoms with Gasteiger partial charge in [0.1, 0.15) is 5.75 Å². The van der Waals surface area contributed by atoms with Crippen molar-refractivity contribution < 1.29 is 30.8 Å². The van der Waals surface area contributed by atoms with Crippen LogP contribution >= 0.6 is 0 Å². The average Bonchev–Trinajstić information content (AvgIpc) is 3.32. The van der Waals surface area contributed by atoms with Gasteiger partial charge < -0.3 is 9.15 Å². The molecule has 1 fully saturated rings. The lowest BCUT2D eigenvalue weighted by atomic mass is 9.97. The van der Waals surface area contributed by atoms with Crippen molar-refractivity contribution in [1.29, 1.82) is 0 Å². The van der Waals surface area contributed by atoms with Gasteiger partial charge in [0, 0.05) is 30.8 Å². The standard InChI is InChI=1S/C22H24N4O7S2/c1-32-17-5-9-19(10-6-17)35(30,31)26-13-11-15(12-14-26)20(27)23-22-25-24-21(33-22)16-3-7-18(8-4-16)34(2,28)29/h3-10,15H,11-14H2,1-2H3,(H,23,25,27). The van der Waals surface area contributed by atoms with E-state index in [9.17, 15) is 21.6 Å². The number of piperidine rings is 1. The highest BCUT2D eigenvalue weighted by Gasteiger charge is 2.32. The number of hydrogen-bond donors (Lipinski definition) is 1. The van der Waals surface area contributed by atoms with Gasteiger partial charge in [0.2, 0.25) is 21.8 Å². The monoisotopic (exact) mass is 520 g/mol. The summed E-state index contributed by atoms with van der Waals surface area (Å²) in [5.74, 6) is -0.0639. The molecule has 3 aromatic rings. The molecule has 1 N–H and O–H groups in total. The number of hydrogen-bond acceptors (Lipinski definition) is 9. The molecular formula is C22H24N4O7S2. The summed E-state index contributed by atoms with van der Waals surface area (Å²) in [7, 11) is -5.49. The van der Waals surface area contributed by atoms with Gasteiger partial charge in [-0.05, 0) is 61.4 Å². The van der Waals surface area contributed by atoms with Gasteiger partial charge in [-0.1, -0.05) is 5.10 Å². The Morgan fingerprint density at radius 1 is 0.971 bits per heavy atom. The maximum Gasteiger partial charge on any atom is 0.322 e. The summed E-state index contributed by atoms with van der Waals surface area (Å²) in [5.41, 5.74) is 0.502. The molecule has 13 heteroatoms. The number of rotatable bonds is 7. The summed E-state index contributed by atoms with van der Waals surface area (Å²) in [6.45, 7) is 0.405. The largest absolute Gasteiger partial charge is 0.497 e. The van der Waals surface area contributed by atoms with Crippen LogP contribution in [0.4, 0.5) is 6.01 Å². The molecule has 2 heterocycles. The number of sulfonamides is 1. The molecule has 0 unspecified atom stereocenters. The second-order valence-electron chi connectivity index (χ2n) is 8.05. The zero-order chi connectivity index (χ0) is 25.2. The molecule has 0 aliphatic carbocycles. The quantitative estimate of drug-likeness (QED) is 0.495. The van der Waals surface area contributed by atoms with Crippen LogP contribution in [0.5, 0.6) is 5.75 Å². The molecule has 35 heavy (non-hydrogen) atoms. The molecule has 11 nitrogen and oxygen atoms in total. The van der Waals surface area contributed by atoms with E-state index in [1.54, 1.807) is 12.1 Å². The number of carbonyl (C=O) groups is 1. The fourth-order valence-corrected chi connectivity index (χ4v) is 5.80. The molecule has 0 saturated carbocycles. The first kappa shape index (κ1) is 24.8. The van der Waals surface area contributed by atoms with Crippen LogP contribution in [0.25, 0.3) is 11.5 Å². The molecule has 2 aromatic carbocycles. The lowest BCUT2D eigenvalue weighted by molar-refractivity contribution is -0.121. The Labute approximate surface area is 203 Å². The number of benzene rings is 2. The maximum absolute atomic E-state index is 12.9. The second kappa shape index (κ2) is 9.76. The van der Waals surface area contributed by atoms with Gasteiger partial charge in [0.05, 0.1) is 16.9 Å². The summed E-state index contributed by atoms with van der Waals surface area (Å²) >= 11 is 0. The highest BCUT2D eigenvalue weighted by Crippen LogP contribution is 2.27. The van der Waals surface area contributed by atoms with E-state index in [2.05, 4.69) is 15.5 Å². The summed E-state index contributed by atoms with van der Waals surface area (Å²) in [6, 6.07) is 12.0. The Bertz CT molecular complexity index is 1410. The number of ether oxygens (including phenoxy) is 1. The summed E-state index contributed by atoms with van der Waals surface area (Å²) in [4.78, 5) is 13.0. The fourth-order valence-electron chi connectivity index (χ4n) is 3.70. The molecule has 1 aliphatic rings. The van der Waals surface area contributed by atoms with Gasteiger partial charge in [-0.2, -0.15) is 4.31 Å². The Morgan fingerprint density at radius 2 is 1.57 bits per heavy atom. The molecule has 4 rings (SSSR count). The lowest BCUT2D eigenvalue weighted by Crippen LogP contribution is -2.41. The number of aromatic nitrogens is 2. The van der Waals surface area contributed by atoms with Crippen molar-refractivity contribution in [3.8, 4) is 17.2 Å². The van der Waals surface area contributed by atoms with E-state index in [0.29, 0.717) is 24.2 Å². The van der Waals surface area contributed by atoms with Crippen LogP contribution in [0.3, 0.4) is 0 Å². The molecule has 0 radical (unpaired) electrons. The first-order valence-corrected chi connectivity index (χ1v) is 14.0. The van der Waals surface area contributed by atoms with Gasteiger partial charge in [-0.3, -0.25) is 10.1 Å². The Balaban J connectivity index is 1.35. The Hall–Kier alpha value is -3.29. The number of anilines is 1. The molecule has 0 spiro atoms. The van der Waals surface area contributed by atoms with E-state index in [0.717, 1.165) is 6.26 Å². The Morgan fingerprint density at radius 3 is 2.14 bits per heavy atom. The zero-order valence-electron chi connectivity index (χ0n) is 19.0. The summed E-state index contributed by atoms with van der Waals surface area (Å²) < 4.78 is 60.9. The summed E-state index contributed by atoms with van der Waals surface area (Å²) in [6.07, 6.45) is 1.80. The fraction of sp³-hybridized carbons (Fsp3) is 0.318. The molecule has 186 valence electrons. The van der Waals surface area contributed by atoms with Crippen LogP contribution in [0, 0.1) is 5.92 Å². The molecular weight excluding hydrogens is 496 g/mol. The van der Waals surface area contributed by atoms with Crippen molar-refractivity contribution in [2.45, 2.75) is 22.6 Å². The van der Waals surface area contributed by atoms with E-state index in [-0.39, 0.29) is 40.7 Å². The van der Waals surface area contributed by atoms with Crippen molar-refractivity contribution in [2.24, 2.45) is 5.92 Å². The van der Waals surface area contributed by atoms with Crippen molar-refractivity contribution in [3.63, 3.8) is 0 Å². The van der Waals surface area contributed by atoms with E-state index >= 15 is 0 Å². The SMILES string of the molecule is COc1ccc(S(=O)(=O)N2CCC(C(=O)Nc3nnc(-c4ccc(S(C)(=O)=O)cc4)o3)CC2)cc1. The van der Waals surface area contributed by atoms with Crippen molar-refractivity contribution >= 4 is 31.8 Å². The van der Waals surface area contributed by atoms with E-state index in [1.165, 1.54) is 47.8 Å². The first-order chi connectivity index (χ1) is 16.6. The van der Waals surface area contributed by atoms with Crippen LogP contribution < -0.4 is 10.1 Å². The smallest absolute Gasteiger partial charge is 0.322 e. The predicted octanol–water partition coefficient (Wildman–Crippen LogP) is 2.19. The van der Waals surface area contributed by atoms with Crippen LogP contribution in [-0.4, -0.2) is 63.7 Å². The molecule has 1 amide bonds. The van der Waals surface area contributed by atoms with Crippen LogP contribution in [-0.2, 0) is 24.7 Å². The van der Waals surface area contributed by atoms with E-state index in [4.69, 9.17) is 9.15 Å². The van der Waals surface area contributed by atoms with Gasteiger partial charge in [0.15, 0.2) is 9.84 Å². The summed E-state index contributed by atoms with van der Waals surface area (Å²) in [5, 5.41) is 10.3. The second-order valence-corrected chi connectivity index (χ2v) is 12.0. The van der Waals surface area contributed by atoms with Crippen molar-refractivity contribution in [3.05, 3.63) is 48.5 Å². The first-order valence-electron chi connectivity index (χ1n) is 10.7. The van der Waals surface area contributed by atoms with Crippen LogP contribution in [0.1, 0.15) is 12.8 Å². The Kier molecular flexibility index (Phi) is 6.92. The van der Waals surface area contributed by atoms with Gasteiger partial charge in [0.25, 0.3) is 0 Å². The molecule has 1 aromatic heterocycles. The number of methoxy groups -OCH3 is 1. The average molecular weight is 521 g/mol. The van der Waals surface area contributed by atoms with Crippen molar-refractivity contribution in [1.82, 2.24) is 14.5 Å². The third-order valence-electron chi connectivity index (χ3n) is 5.71. The molecule has 0 atom stereocenters. The third-order valence-corrected chi connectivity index (χ3v) is 8.75. The molecule has 1 aliphatic heterocycles. The predicted molar refractivity (Wildman–Crippen MR) is 126 cm³/mol.